The van der Waals surface area contributed by atoms with Gasteiger partial charge in [0, 0.05) is 11.9 Å². The van der Waals surface area contributed by atoms with Gasteiger partial charge in [-0.3, -0.25) is 4.79 Å². The van der Waals surface area contributed by atoms with Crippen LogP contribution in [0.5, 0.6) is 0 Å². The van der Waals surface area contributed by atoms with Crippen molar-refractivity contribution in [3.05, 3.63) is 71.4 Å². The highest BCUT2D eigenvalue weighted by atomic mass is 19.4. The number of hydrogen-bond acceptors (Lipinski definition) is 3. The molecule has 0 bridgehead atoms. The van der Waals surface area contributed by atoms with E-state index in [2.05, 4.69) is 15.4 Å². The number of anilines is 1. The normalized spacial score (nSPS) is 11.7. The minimum atomic E-state index is -4.49. The molecule has 3 rings (SSSR count). The molecule has 5 nitrogen and oxygen atoms in total. The van der Waals surface area contributed by atoms with Crippen LogP contribution in [0.1, 0.15) is 41.4 Å². The van der Waals surface area contributed by atoms with Gasteiger partial charge in [0.2, 0.25) is 0 Å². The summed E-state index contributed by atoms with van der Waals surface area (Å²) in [6.07, 6.45) is -2.44. The van der Waals surface area contributed by atoms with E-state index >= 15 is 0 Å². The maximum Gasteiger partial charge on any atom is 0.417 e. The molecular formula is C19H16F4N4O. The first-order valence-corrected chi connectivity index (χ1v) is 8.35. The van der Waals surface area contributed by atoms with Crippen molar-refractivity contribution < 1.29 is 22.4 Å². The van der Waals surface area contributed by atoms with Crippen molar-refractivity contribution in [3.63, 3.8) is 0 Å². The second-order valence-corrected chi connectivity index (χ2v) is 6.37. The van der Waals surface area contributed by atoms with E-state index in [1.165, 1.54) is 41.2 Å². The highest BCUT2D eigenvalue weighted by Gasteiger charge is 2.31. The molecule has 9 heteroatoms. The largest absolute Gasteiger partial charge is 0.417 e. The average Bonchev–Trinajstić information content (AvgIpc) is 3.08. The van der Waals surface area contributed by atoms with Crippen LogP contribution >= 0.6 is 0 Å². The molecule has 146 valence electrons. The van der Waals surface area contributed by atoms with Gasteiger partial charge < -0.3 is 5.32 Å². The van der Waals surface area contributed by atoms with Crippen molar-refractivity contribution in [3.8, 4) is 5.82 Å². The van der Waals surface area contributed by atoms with Crippen LogP contribution in [0.3, 0.4) is 0 Å². The van der Waals surface area contributed by atoms with E-state index in [9.17, 15) is 22.4 Å². The van der Waals surface area contributed by atoms with Gasteiger partial charge in [-0.1, -0.05) is 13.8 Å². The van der Waals surface area contributed by atoms with Crippen LogP contribution in [0.4, 0.5) is 23.2 Å². The van der Waals surface area contributed by atoms with E-state index in [1.54, 1.807) is 0 Å². The molecule has 0 spiro atoms. The second kappa shape index (κ2) is 7.41. The van der Waals surface area contributed by atoms with Crippen molar-refractivity contribution in [1.82, 2.24) is 14.8 Å². The summed E-state index contributed by atoms with van der Waals surface area (Å²) in [6.45, 7) is 3.65. The Morgan fingerprint density at radius 2 is 1.75 bits per heavy atom. The fraction of sp³-hybridized carbons (Fsp3) is 0.211. The molecule has 0 fully saturated rings. The van der Waals surface area contributed by atoms with Gasteiger partial charge in [-0.2, -0.15) is 18.3 Å². The van der Waals surface area contributed by atoms with Gasteiger partial charge in [0.1, 0.15) is 5.82 Å². The lowest BCUT2D eigenvalue weighted by atomic mass is 10.1. The summed E-state index contributed by atoms with van der Waals surface area (Å²) in [7, 11) is 0. The maximum absolute atomic E-state index is 13.0. The molecule has 0 aliphatic heterocycles. The first-order chi connectivity index (χ1) is 13.2. The highest BCUT2D eigenvalue weighted by Crippen LogP contribution is 2.29. The zero-order valence-corrected chi connectivity index (χ0v) is 15.0. The number of carbonyl (C=O) groups excluding carboxylic acids is 1. The first kappa shape index (κ1) is 19.5. The Hall–Kier alpha value is -3.23. The Kier molecular flexibility index (Phi) is 5.17. The van der Waals surface area contributed by atoms with Gasteiger partial charge in [-0.05, 0) is 42.3 Å². The molecule has 0 saturated heterocycles. The number of alkyl halides is 3. The third-order valence-electron chi connectivity index (χ3n) is 3.99. The predicted molar refractivity (Wildman–Crippen MR) is 94.8 cm³/mol. The number of nitrogens with zero attached hydrogens (tertiary/aromatic N) is 3. The summed E-state index contributed by atoms with van der Waals surface area (Å²) in [6, 6.07) is 7.38. The number of hydrogen-bond donors (Lipinski definition) is 1. The van der Waals surface area contributed by atoms with Gasteiger partial charge >= 0.3 is 6.18 Å². The highest BCUT2D eigenvalue weighted by molar-refractivity contribution is 6.05. The number of aromatic nitrogens is 3. The molecule has 0 unspecified atom stereocenters. The van der Waals surface area contributed by atoms with Crippen molar-refractivity contribution in [2.75, 3.05) is 5.32 Å². The third-order valence-corrected chi connectivity index (χ3v) is 3.99. The molecule has 0 atom stereocenters. The number of halogens is 4. The first-order valence-electron chi connectivity index (χ1n) is 8.35. The summed E-state index contributed by atoms with van der Waals surface area (Å²) in [5, 5.41) is 6.77. The smallest absolute Gasteiger partial charge is 0.322 e. The number of rotatable bonds is 4. The molecule has 28 heavy (non-hydrogen) atoms. The molecule has 2 heterocycles. The van der Waals surface area contributed by atoms with Gasteiger partial charge in [-0.15, -0.1) is 0 Å². The molecule has 1 amide bonds. The van der Waals surface area contributed by atoms with Crippen LogP contribution in [0, 0.1) is 5.82 Å². The Bertz CT molecular complexity index is 977. The SMILES string of the molecule is CC(C)c1c(C(=O)Nc2ccc(F)cc2)cnn1-c1ccc(C(F)(F)F)cn1. The van der Waals surface area contributed by atoms with E-state index in [0.717, 1.165) is 12.3 Å². The van der Waals surface area contributed by atoms with Crippen LogP contribution in [0.15, 0.2) is 48.8 Å². The number of benzene rings is 1. The van der Waals surface area contributed by atoms with E-state index < -0.39 is 23.5 Å². The lowest BCUT2D eigenvalue weighted by Crippen LogP contribution is -2.16. The topological polar surface area (TPSA) is 59.8 Å². The van der Waals surface area contributed by atoms with Gasteiger partial charge in [-0.25, -0.2) is 14.1 Å². The molecule has 0 radical (unpaired) electrons. The van der Waals surface area contributed by atoms with E-state index in [4.69, 9.17) is 0 Å². The fourth-order valence-corrected chi connectivity index (χ4v) is 2.68. The van der Waals surface area contributed by atoms with Crippen LogP contribution in [0.25, 0.3) is 5.82 Å². The Labute approximate surface area is 158 Å². The van der Waals surface area contributed by atoms with Gasteiger partial charge in [0.25, 0.3) is 5.91 Å². The molecule has 0 aliphatic carbocycles. The third kappa shape index (κ3) is 4.03. The summed E-state index contributed by atoms with van der Waals surface area (Å²) in [5.41, 5.74) is 0.276. The monoisotopic (exact) mass is 392 g/mol. The van der Waals surface area contributed by atoms with Crippen molar-refractivity contribution in [2.24, 2.45) is 0 Å². The molecule has 1 N–H and O–H groups in total. The van der Waals surface area contributed by atoms with E-state index in [1.807, 2.05) is 13.8 Å². The lowest BCUT2D eigenvalue weighted by Gasteiger charge is -2.13. The summed E-state index contributed by atoms with van der Waals surface area (Å²) in [4.78, 5) is 16.5. The lowest BCUT2D eigenvalue weighted by molar-refractivity contribution is -0.137. The van der Waals surface area contributed by atoms with Crippen LogP contribution in [0.2, 0.25) is 0 Å². The van der Waals surface area contributed by atoms with E-state index in [0.29, 0.717) is 11.4 Å². The van der Waals surface area contributed by atoms with Crippen molar-refractivity contribution >= 4 is 11.6 Å². The predicted octanol–water partition coefficient (Wildman–Crippen LogP) is 4.80. The van der Waals surface area contributed by atoms with E-state index in [-0.39, 0.29) is 17.3 Å². The summed E-state index contributed by atoms with van der Waals surface area (Å²) < 4.78 is 52.5. The zero-order chi connectivity index (χ0) is 20.5. The number of nitrogens with one attached hydrogen (secondary N) is 1. The Morgan fingerprint density at radius 1 is 1.07 bits per heavy atom. The zero-order valence-electron chi connectivity index (χ0n) is 15.0. The second-order valence-electron chi connectivity index (χ2n) is 6.37. The maximum atomic E-state index is 13.0. The number of amides is 1. The fourth-order valence-electron chi connectivity index (χ4n) is 2.68. The van der Waals surface area contributed by atoms with Gasteiger partial charge in [0.05, 0.1) is 23.0 Å². The Morgan fingerprint density at radius 3 is 2.29 bits per heavy atom. The number of carbonyl (C=O) groups is 1. The number of pyridine rings is 1. The molecule has 0 aliphatic rings. The van der Waals surface area contributed by atoms with Crippen LogP contribution in [-0.4, -0.2) is 20.7 Å². The average molecular weight is 392 g/mol. The molecule has 1 aromatic carbocycles. The Balaban J connectivity index is 1.93. The van der Waals surface area contributed by atoms with Crippen molar-refractivity contribution in [2.45, 2.75) is 25.9 Å². The molecule has 2 aromatic heterocycles. The standard InChI is InChI=1S/C19H16F4N4O/c1-11(2)17-15(18(28)26-14-6-4-13(20)5-7-14)10-25-27(17)16-8-3-12(9-24-16)19(21,22)23/h3-11H,1-2H3,(H,26,28). The quantitative estimate of drug-likeness (QED) is 0.649. The van der Waals surface area contributed by atoms with Crippen LogP contribution in [-0.2, 0) is 6.18 Å². The minimum absolute atomic E-state index is 0.164. The van der Waals surface area contributed by atoms with Crippen molar-refractivity contribution in [1.29, 1.82) is 0 Å². The van der Waals surface area contributed by atoms with Crippen LogP contribution < -0.4 is 5.32 Å². The molecular weight excluding hydrogens is 376 g/mol. The minimum Gasteiger partial charge on any atom is -0.322 e. The molecule has 3 aromatic rings. The van der Waals surface area contributed by atoms with Gasteiger partial charge in [0.15, 0.2) is 5.82 Å². The molecule has 0 saturated carbocycles. The summed E-state index contributed by atoms with van der Waals surface area (Å²) >= 11 is 0. The summed E-state index contributed by atoms with van der Waals surface area (Å²) in [5.74, 6) is -0.895.